The van der Waals surface area contributed by atoms with Gasteiger partial charge in [-0.2, -0.15) is 18.3 Å². The monoisotopic (exact) mass is 584 g/mol. The second kappa shape index (κ2) is 11.1. The van der Waals surface area contributed by atoms with Gasteiger partial charge in [-0.15, -0.1) is 0 Å². The Morgan fingerprint density at radius 1 is 1.10 bits per heavy atom. The summed E-state index contributed by atoms with van der Waals surface area (Å²) in [6.45, 7) is 3.58. The Bertz CT molecular complexity index is 1890. The summed E-state index contributed by atoms with van der Waals surface area (Å²) in [5.74, 6) is -0.516. The summed E-state index contributed by atoms with van der Waals surface area (Å²) in [4.78, 5) is 48.1. The van der Waals surface area contributed by atoms with Crippen LogP contribution >= 0.6 is 0 Å². The fraction of sp³-hybridized carbons (Fsp3) is 0.333. The Balaban J connectivity index is 1.60. The first kappa shape index (κ1) is 28.6. The molecule has 0 N–H and O–H groups in total. The predicted octanol–water partition coefficient (Wildman–Crippen LogP) is 3.27. The molecule has 0 atom stereocenters. The molecule has 0 fully saturated rings. The number of benzene rings is 1. The van der Waals surface area contributed by atoms with E-state index in [0.29, 0.717) is 17.5 Å². The van der Waals surface area contributed by atoms with Crippen LogP contribution in [-0.4, -0.2) is 44.0 Å². The standard InChI is InChI=1S/C27H27F3N8O4/c1-4-10-37-24(39)20-22(36(5-2)26(37)41)33-21(38(20)16-42-25(40)23-31-9-11-34(23)3)18-13-32-35(15-18)14-17-7-6-8-19(12-17)27(28,29)30/h6-9,11-13,15H,4-5,10,14,16H2,1-3H3. The normalized spacial score (nSPS) is 11.9. The Hall–Kier alpha value is -4.95. The van der Waals surface area contributed by atoms with E-state index in [1.54, 1.807) is 32.4 Å². The molecule has 5 rings (SSSR count). The van der Waals surface area contributed by atoms with Crippen LogP contribution < -0.4 is 11.2 Å². The number of halogens is 3. The molecule has 0 amide bonds. The summed E-state index contributed by atoms with van der Waals surface area (Å²) >= 11 is 0. The van der Waals surface area contributed by atoms with Crippen LogP contribution in [0.25, 0.3) is 22.6 Å². The zero-order valence-electron chi connectivity index (χ0n) is 23.0. The molecule has 0 aliphatic carbocycles. The van der Waals surface area contributed by atoms with Gasteiger partial charge in [0.25, 0.3) is 5.56 Å². The molecule has 0 radical (unpaired) electrons. The molecule has 0 saturated carbocycles. The third kappa shape index (κ3) is 5.24. The molecular weight excluding hydrogens is 557 g/mol. The van der Waals surface area contributed by atoms with E-state index in [4.69, 9.17) is 4.74 Å². The van der Waals surface area contributed by atoms with Gasteiger partial charge in [0, 0.05) is 38.7 Å². The maximum atomic E-state index is 13.6. The Morgan fingerprint density at radius 3 is 2.55 bits per heavy atom. The van der Waals surface area contributed by atoms with Crippen LogP contribution in [0.1, 0.15) is 42.0 Å². The minimum Gasteiger partial charge on any atom is -0.438 e. The van der Waals surface area contributed by atoms with E-state index in [0.717, 1.165) is 16.7 Å². The molecule has 0 bridgehead atoms. The van der Waals surface area contributed by atoms with Crippen LogP contribution in [0.3, 0.4) is 0 Å². The Morgan fingerprint density at radius 2 is 1.88 bits per heavy atom. The smallest absolute Gasteiger partial charge is 0.416 e. The highest BCUT2D eigenvalue weighted by Gasteiger charge is 2.30. The Kier molecular flexibility index (Phi) is 7.58. The van der Waals surface area contributed by atoms with Gasteiger partial charge in [0.1, 0.15) is 5.82 Å². The van der Waals surface area contributed by atoms with Gasteiger partial charge in [0.2, 0.25) is 5.82 Å². The molecule has 220 valence electrons. The van der Waals surface area contributed by atoms with E-state index in [-0.39, 0.29) is 42.4 Å². The number of rotatable bonds is 9. The van der Waals surface area contributed by atoms with E-state index in [1.807, 2.05) is 6.92 Å². The number of fused-ring (bicyclic) bond motifs is 1. The van der Waals surface area contributed by atoms with Crippen LogP contribution in [0, 0.1) is 0 Å². The van der Waals surface area contributed by atoms with Crippen molar-refractivity contribution in [3.8, 4) is 11.4 Å². The van der Waals surface area contributed by atoms with Crippen molar-refractivity contribution in [2.75, 3.05) is 0 Å². The third-order valence-electron chi connectivity index (χ3n) is 6.70. The molecule has 12 nitrogen and oxygen atoms in total. The van der Waals surface area contributed by atoms with E-state index in [1.165, 1.54) is 36.8 Å². The molecule has 0 saturated heterocycles. The second-order valence-electron chi connectivity index (χ2n) is 9.57. The quantitative estimate of drug-likeness (QED) is 0.244. The number of aromatic nitrogens is 8. The molecule has 0 spiro atoms. The fourth-order valence-corrected chi connectivity index (χ4v) is 4.69. The van der Waals surface area contributed by atoms with Gasteiger partial charge in [-0.3, -0.25) is 23.2 Å². The lowest BCUT2D eigenvalue weighted by Gasteiger charge is -2.12. The SMILES string of the molecule is CCCn1c(=O)c2c(nc(-c3cnn(Cc4cccc(C(F)(F)F)c4)c3)n2COC(=O)c2nccn2C)n(CC)c1=O. The van der Waals surface area contributed by atoms with Crippen LogP contribution in [0.15, 0.2) is 58.6 Å². The molecule has 0 aliphatic rings. The lowest BCUT2D eigenvalue weighted by atomic mass is 10.1. The lowest BCUT2D eigenvalue weighted by molar-refractivity contribution is -0.137. The van der Waals surface area contributed by atoms with Gasteiger partial charge in [0.05, 0.1) is 23.9 Å². The minimum atomic E-state index is -4.48. The first-order chi connectivity index (χ1) is 20.0. The van der Waals surface area contributed by atoms with Gasteiger partial charge in [-0.1, -0.05) is 19.1 Å². The van der Waals surface area contributed by atoms with Crippen molar-refractivity contribution >= 4 is 17.1 Å². The molecule has 4 heterocycles. The molecule has 5 aromatic rings. The predicted molar refractivity (Wildman–Crippen MR) is 145 cm³/mol. The van der Waals surface area contributed by atoms with Crippen molar-refractivity contribution < 1.29 is 22.7 Å². The topological polar surface area (TPSA) is 124 Å². The summed E-state index contributed by atoms with van der Waals surface area (Å²) in [5, 5.41) is 4.28. The highest BCUT2D eigenvalue weighted by Crippen LogP contribution is 2.30. The highest BCUT2D eigenvalue weighted by molar-refractivity contribution is 5.85. The minimum absolute atomic E-state index is 0.0290. The maximum absolute atomic E-state index is 13.6. The maximum Gasteiger partial charge on any atom is 0.416 e. The number of aryl methyl sites for hydroxylation is 2. The van der Waals surface area contributed by atoms with Crippen LogP contribution in [0.5, 0.6) is 0 Å². The van der Waals surface area contributed by atoms with Gasteiger partial charge in [0.15, 0.2) is 17.9 Å². The number of imidazole rings is 2. The summed E-state index contributed by atoms with van der Waals surface area (Å²) in [6.07, 6.45) is 2.06. The van der Waals surface area contributed by atoms with Crippen molar-refractivity contribution in [1.82, 2.24) is 38.0 Å². The third-order valence-corrected chi connectivity index (χ3v) is 6.70. The van der Waals surface area contributed by atoms with Crippen molar-refractivity contribution in [3.05, 3.63) is 86.8 Å². The zero-order chi connectivity index (χ0) is 30.2. The van der Waals surface area contributed by atoms with Crippen molar-refractivity contribution in [2.45, 2.75) is 52.8 Å². The van der Waals surface area contributed by atoms with Crippen LogP contribution in [0.2, 0.25) is 0 Å². The summed E-state index contributed by atoms with van der Waals surface area (Å²) < 4.78 is 51.9. The average Bonchev–Trinajstić information content (AvgIpc) is 3.68. The van der Waals surface area contributed by atoms with Crippen LogP contribution in [0.4, 0.5) is 13.2 Å². The van der Waals surface area contributed by atoms with E-state index < -0.39 is 35.7 Å². The van der Waals surface area contributed by atoms with Gasteiger partial charge in [-0.05, 0) is 31.0 Å². The number of ether oxygens (including phenoxy) is 1. The number of hydrogen-bond acceptors (Lipinski definition) is 7. The summed E-state index contributed by atoms with van der Waals surface area (Å²) in [5.41, 5.74) is -0.957. The molecule has 0 unspecified atom stereocenters. The largest absolute Gasteiger partial charge is 0.438 e. The Labute approximate surface area is 236 Å². The van der Waals surface area contributed by atoms with Crippen molar-refractivity contribution in [1.29, 1.82) is 0 Å². The van der Waals surface area contributed by atoms with E-state index in [2.05, 4.69) is 15.1 Å². The van der Waals surface area contributed by atoms with Crippen molar-refractivity contribution in [2.24, 2.45) is 7.05 Å². The second-order valence-corrected chi connectivity index (χ2v) is 9.57. The zero-order valence-corrected chi connectivity index (χ0v) is 23.0. The van der Waals surface area contributed by atoms with Crippen molar-refractivity contribution in [3.63, 3.8) is 0 Å². The molecule has 42 heavy (non-hydrogen) atoms. The molecular formula is C27H27F3N8O4. The van der Waals surface area contributed by atoms with Gasteiger partial charge >= 0.3 is 17.8 Å². The van der Waals surface area contributed by atoms with Gasteiger partial charge in [-0.25, -0.2) is 19.6 Å². The van der Waals surface area contributed by atoms with Gasteiger partial charge < -0.3 is 9.30 Å². The summed E-state index contributed by atoms with van der Waals surface area (Å²) in [6, 6.07) is 4.91. The molecule has 15 heteroatoms. The number of carbonyl (C=O) groups excluding carboxylic acids is 1. The fourth-order valence-electron chi connectivity index (χ4n) is 4.69. The number of esters is 1. The summed E-state index contributed by atoms with van der Waals surface area (Å²) in [7, 11) is 1.63. The molecule has 0 aliphatic heterocycles. The van der Waals surface area contributed by atoms with E-state index >= 15 is 0 Å². The van der Waals surface area contributed by atoms with Crippen LogP contribution in [-0.2, 0) is 44.3 Å². The first-order valence-electron chi connectivity index (χ1n) is 13.1. The van der Waals surface area contributed by atoms with E-state index in [9.17, 15) is 27.6 Å². The number of nitrogens with zero attached hydrogens (tertiary/aromatic N) is 8. The highest BCUT2D eigenvalue weighted by atomic mass is 19.4. The average molecular weight is 585 g/mol. The number of carbonyl (C=O) groups is 1. The molecule has 1 aromatic carbocycles. The lowest BCUT2D eigenvalue weighted by Crippen LogP contribution is -2.40. The first-order valence-corrected chi connectivity index (χ1v) is 13.1. The molecule has 4 aromatic heterocycles. The number of alkyl halides is 3. The number of hydrogen-bond donors (Lipinski definition) is 0.